The molecule has 0 aliphatic carbocycles. The van der Waals surface area contributed by atoms with Gasteiger partial charge in [-0.1, -0.05) is 59.6 Å². The van der Waals surface area contributed by atoms with Crippen molar-refractivity contribution in [2.24, 2.45) is 11.7 Å². The molecule has 1 heterocycles. The predicted molar refractivity (Wildman–Crippen MR) is 112 cm³/mol. The minimum absolute atomic E-state index is 0. The van der Waals surface area contributed by atoms with Crippen molar-refractivity contribution >= 4 is 41.5 Å². The molecule has 1 aliphatic rings. The van der Waals surface area contributed by atoms with Gasteiger partial charge in [0, 0.05) is 19.0 Å². The van der Waals surface area contributed by atoms with E-state index in [1.54, 1.807) is 18.2 Å². The van der Waals surface area contributed by atoms with Crippen LogP contribution in [0.15, 0.2) is 48.5 Å². The average Bonchev–Trinajstić information content (AvgIpc) is 3.10. The molecule has 146 valence electrons. The van der Waals surface area contributed by atoms with E-state index < -0.39 is 0 Å². The topological polar surface area (TPSA) is 55.6 Å². The van der Waals surface area contributed by atoms with Gasteiger partial charge in [0.05, 0.1) is 18.1 Å². The van der Waals surface area contributed by atoms with E-state index in [-0.39, 0.29) is 36.8 Å². The quantitative estimate of drug-likeness (QED) is 0.741. The van der Waals surface area contributed by atoms with Gasteiger partial charge in [-0.05, 0) is 30.2 Å². The number of amides is 1. The van der Waals surface area contributed by atoms with Gasteiger partial charge in [-0.15, -0.1) is 12.4 Å². The summed E-state index contributed by atoms with van der Waals surface area (Å²) in [5, 5.41) is 0.807. The van der Waals surface area contributed by atoms with Gasteiger partial charge in [-0.3, -0.25) is 4.79 Å². The van der Waals surface area contributed by atoms with Crippen molar-refractivity contribution in [3.05, 3.63) is 64.1 Å². The third kappa shape index (κ3) is 5.29. The molecule has 3 rings (SSSR count). The Morgan fingerprint density at radius 1 is 1.11 bits per heavy atom. The number of hydrogen-bond donors (Lipinski definition) is 1. The van der Waals surface area contributed by atoms with Crippen LogP contribution < -0.4 is 10.5 Å². The van der Waals surface area contributed by atoms with Gasteiger partial charge in [0.2, 0.25) is 5.91 Å². The summed E-state index contributed by atoms with van der Waals surface area (Å²) in [5.41, 5.74) is 7.18. The molecular formula is C20H23Cl3N2O2. The summed E-state index contributed by atoms with van der Waals surface area (Å²) in [7, 11) is 0. The summed E-state index contributed by atoms with van der Waals surface area (Å²) < 4.78 is 5.62. The Morgan fingerprint density at radius 2 is 1.85 bits per heavy atom. The number of rotatable bonds is 6. The first-order valence-corrected chi connectivity index (χ1v) is 9.45. The summed E-state index contributed by atoms with van der Waals surface area (Å²) in [5.74, 6) is 1.13. The molecule has 1 saturated heterocycles. The fraction of sp³-hybridized carbons (Fsp3) is 0.350. The minimum atomic E-state index is 0. The van der Waals surface area contributed by atoms with Crippen LogP contribution >= 0.6 is 35.6 Å². The van der Waals surface area contributed by atoms with Gasteiger partial charge >= 0.3 is 0 Å². The number of ether oxygens (including phenoxy) is 1. The van der Waals surface area contributed by atoms with E-state index in [9.17, 15) is 4.79 Å². The standard InChI is InChI=1S/C20H22Cl2N2O2.ClH/c21-17-7-4-8-18(20(17)22)26-10-9-19(25)24-12-15(11-23)16(13-24)14-5-2-1-3-6-14;/h1-8,15-16H,9-13,23H2;1H/t15-,16+;/m1./s1. The van der Waals surface area contributed by atoms with Crippen LogP contribution in [-0.4, -0.2) is 37.0 Å². The van der Waals surface area contributed by atoms with Gasteiger partial charge in [-0.25, -0.2) is 0 Å². The highest BCUT2D eigenvalue weighted by Crippen LogP contribution is 2.33. The maximum Gasteiger partial charge on any atom is 0.226 e. The molecule has 0 radical (unpaired) electrons. The Bertz CT molecular complexity index is 758. The predicted octanol–water partition coefficient (Wildman–Crippen LogP) is 4.39. The lowest BCUT2D eigenvalue weighted by atomic mass is 9.89. The van der Waals surface area contributed by atoms with Crippen molar-refractivity contribution < 1.29 is 9.53 Å². The van der Waals surface area contributed by atoms with E-state index in [4.69, 9.17) is 33.7 Å². The molecule has 2 aromatic carbocycles. The van der Waals surface area contributed by atoms with E-state index in [1.165, 1.54) is 5.56 Å². The molecule has 2 aromatic rings. The maximum atomic E-state index is 12.6. The van der Waals surface area contributed by atoms with Gasteiger partial charge in [-0.2, -0.15) is 0 Å². The smallest absolute Gasteiger partial charge is 0.226 e. The lowest BCUT2D eigenvalue weighted by molar-refractivity contribution is -0.130. The fourth-order valence-electron chi connectivity index (χ4n) is 3.39. The van der Waals surface area contributed by atoms with Gasteiger partial charge in [0.25, 0.3) is 0 Å². The first-order valence-electron chi connectivity index (χ1n) is 8.69. The highest BCUT2D eigenvalue weighted by atomic mass is 35.5. The van der Waals surface area contributed by atoms with Crippen LogP contribution in [0.5, 0.6) is 5.75 Å². The van der Waals surface area contributed by atoms with Gasteiger partial charge < -0.3 is 15.4 Å². The number of likely N-dealkylation sites (tertiary alicyclic amines) is 1. The van der Waals surface area contributed by atoms with Gasteiger partial charge in [0.1, 0.15) is 10.8 Å². The first-order chi connectivity index (χ1) is 12.6. The second-order valence-corrected chi connectivity index (χ2v) is 7.25. The number of carbonyl (C=O) groups is 1. The summed E-state index contributed by atoms with van der Waals surface area (Å²) in [6.45, 7) is 2.21. The van der Waals surface area contributed by atoms with Crippen molar-refractivity contribution in [1.82, 2.24) is 4.90 Å². The third-order valence-electron chi connectivity index (χ3n) is 4.81. The van der Waals surface area contributed by atoms with Crippen molar-refractivity contribution in [1.29, 1.82) is 0 Å². The maximum absolute atomic E-state index is 12.6. The Labute approximate surface area is 176 Å². The van der Waals surface area contributed by atoms with Crippen LogP contribution in [0.4, 0.5) is 0 Å². The van der Waals surface area contributed by atoms with Crippen molar-refractivity contribution in [3.63, 3.8) is 0 Å². The summed E-state index contributed by atoms with van der Waals surface area (Å²) in [6.07, 6.45) is 0.293. The van der Waals surface area contributed by atoms with Crippen LogP contribution in [0, 0.1) is 5.92 Å². The van der Waals surface area contributed by atoms with Crippen LogP contribution in [0.3, 0.4) is 0 Å². The number of nitrogens with two attached hydrogens (primary N) is 1. The summed E-state index contributed by atoms with van der Waals surface area (Å²) in [6, 6.07) is 15.5. The normalized spacial score (nSPS) is 18.9. The summed E-state index contributed by atoms with van der Waals surface area (Å²) >= 11 is 12.1. The Balaban J connectivity index is 0.00000261. The molecule has 1 amide bonds. The van der Waals surface area contributed by atoms with E-state index in [2.05, 4.69) is 12.1 Å². The zero-order valence-corrected chi connectivity index (χ0v) is 17.1. The number of halogens is 3. The van der Waals surface area contributed by atoms with E-state index in [1.807, 2.05) is 23.1 Å². The van der Waals surface area contributed by atoms with E-state index in [0.717, 1.165) is 0 Å². The lowest BCUT2D eigenvalue weighted by Gasteiger charge is -2.17. The van der Waals surface area contributed by atoms with Crippen molar-refractivity contribution in [2.75, 3.05) is 26.2 Å². The molecule has 0 spiro atoms. The second kappa shape index (κ2) is 10.2. The molecule has 7 heteroatoms. The fourth-order valence-corrected chi connectivity index (χ4v) is 3.74. The lowest BCUT2D eigenvalue weighted by Crippen LogP contribution is -2.30. The molecule has 4 nitrogen and oxygen atoms in total. The zero-order valence-electron chi connectivity index (χ0n) is 14.8. The molecule has 0 aromatic heterocycles. The zero-order chi connectivity index (χ0) is 18.5. The number of hydrogen-bond acceptors (Lipinski definition) is 3. The second-order valence-electron chi connectivity index (χ2n) is 6.46. The Kier molecular flexibility index (Phi) is 8.24. The average molecular weight is 430 g/mol. The molecular weight excluding hydrogens is 407 g/mol. The molecule has 2 N–H and O–H groups in total. The Hall–Kier alpha value is -1.46. The Morgan fingerprint density at radius 3 is 2.56 bits per heavy atom. The number of carbonyl (C=O) groups excluding carboxylic acids is 1. The largest absolute Gasteiger partial charge is 0.491 e. The van der Waals surface area contributed by atoms with E-state index in [0.29, 0.717) is 41.8 Å². The summed E-state index contributed by atoms with van der Waals surface area (Å²) in [4.78, 5) is 14.5. The SMILES string of the molecule is Cl.NC[C@@H]1CN(C(=O)CCOc2cccc(Cl)c2Cl)C[C@H]1c1ccccc1. The number of benzene rings is 2. The molecule has 0 unspecified atom stereocenters. The molecule has 27 heavy (non-hydrogen) atoms. The van der Waals surface area contributed by atoms with Crippen molar-refractivity contribution in [3.8, 4) is 5.75 Å². The van der Waals surface area contributed by atoms with Crippen LogP contribution in [-0.2, 0) is 4.79 Å². The van der Waals surface area contributed by atoms with E-state index >= 15 is 0 Å². The highest BCUT2D eigenvalue weighted by Gasteiger charge is 2.34. The monoisotopic (exact) mass is 428 g/mol. The molecule has 2 atom stereocenters. The number of nitrogens with zero attached hydrogens (tertiary/aromatic N) is 1. The van der Waals surface area contributed by atoms with Gasteiger partial charge in [0.15, 0.2) is 0 Å². The first kappa shape index (κ1) is 21.8. The molecule has 0 bridgehead atoms. The minimum Gasteiger partial charge on any atom is -0.491 e. The van der Waals surface area contributed by atoms with Crippen LogP contribution in [0.1, 0.15) is 17.9 Å². The molecule has 0 saturated carbocycles. The molecule has 1 aliphatic heterocycles. The molecule has 1 fully saturated rings. The van der Waals surface area contributed by atoms with Crippen LogP contribution in [0.2, 0.25) is 10.0 Å². The van der Waals surface area contributed by atoms with Crippen LogP contribution in [0.25, 0.3) is 0 Å². The highest BCUT2D eigenvalue weighted by molar-refractivity contribution is 6.42. The third-order valence-corrected chi connectivity index (χ3v) is 5.62. The van der Waals surface area contributed by atoms with Crippen molar-refractivity contribution in [2.45, 2.75) is 12.3 Å².